The predicted molar refractivity (Wildman–Crippen MR) is 53.5 cm³/mol. The van der Waals surface area contributed by atoms with Gasteiger partial charge in [0.25, 0.3) is 0 Å². The van der Waals surface area contributed by atoms with Crippen LogP contribution >= 0.6 is 11.6 Å². The highest BCUT2D eigenvalue weighted by molar-refractivity contribution is 6.29. The van der Waals surface area contributed by atoms with Crippen molar-refractivity contribution in [3.63, 3.8) is 0 Å². The Morgan fingerprint density at radius 2 is 2.12 bits per heavy atom. The molecule has 1 aromatic rings. The lowest BCUT2D eigenvalue weighted by Crippen LogP contribution is -2.39. The van der Waals surface area contributed by atoms with E-state index in [9.17, 15) is 13.2 Å². The molecule has 2 N–H and O–H groups in total. The average Bonchev–Trinajstić information content (AvgIpc) is 2.19. The minimum Gasteiger partial charge on any atom is -0.481 e. The van der Waals surface area contributed by atoms with Gasteiger partial charge >= 0.3 is 6.18 Å². The molecule has 0 amide bonds. The normalized spacial score (nSPS) is 13.6. The fourth-order valence-electron chi connectivity index (χ4n) is 1.13. The highest BCUT2D eigenvalue weighted by Gasteiger charge is 2.37. The van der Waals surface area contributed by atoms with Gasteiger partial charge in [0.1, 0.15) is 11.2 Å². The molecule has 0 aliphatic heterocycles. The van der Waals surface area contributed by atoms with Gasteiger partial charge in [-0.3, -0.25) is 0 Å². The molecule has 1 unspecified atom stereocenters. The molecule has 0 bridgehead atoms. The van der Waals surface area contributed by atoms with Crippen LogP contribution in [0.5, 0.6) is 5.88 Å². The van der Waals surface area contributed by atoms with Crippen molar-refractivity contribution in [2.75, 3.05) is 7.11 Å². The van der Waals surface area contributed by atoms with Crippen molar-refractivity contribution in [1.29, 1.82) is 0 Å². The Kier molecular flexibility index (Phi) is 3.98. The Labute approximate surface area is 95.4 Å². The molecule has 0 saturated heterocycles. The maximum atomic E-state index is 12.2. The molecule has 0 aromatic carbocycles. The van der Waals surface area contributed by atoms with E-state index in [2.05, 4.69) is 4.98 Å². The zero-order valence-electron chi connectivity index (χ0n) is 8.38. The summed E-state index contributed by atoms with van der Waals surface area (Å²) >= 11 is 5.58. The van der Waals surface area contributed by atoms with Gasteiger partial charge < -0.3 is 10.5 Å². The fourth-order valence-corrected chi connectivity index (χ4v) is 1.27. The van der Waals surface area contributed by atoms with Crippen LogP contribution in [0.1, 0.15) is 5.56 Å². The van der Waals surface area contributed by atoms with E-state index < -0.39 is 18.6 Å². The van der Waals surface area contributed by atoms with Gasteiger partial charge in [-0.05, 0) is 6.07 Å². The summed E-state index contributed by atoms with van der Waals surface area (Å²) in [5.74, 6) is 0.0622. The van der Waals surface area contributed by atoms with E-state index in [-0.39, 0.29) is 16.6 Å². The molecule has 1 rings (SSSR count). The minimum absolute atomic E-state index is 0.0622. The second-order valence-corrected chi connectivity index (χ2v) is 3.54. The number of halogens is 4. The third-order valence-electron chi connectivity index (χ3n) is 1.96. The van der Waals surface area contributed by atoms with Crippen molar-refractivity contribution in [2.24, 2.45) is 5.73 Å². The standard InChI is InChI=1S/C9H10ClF3N2O/c1-16-8-5(2-3-7(10)15-8)4-6(14)9(11,12)13/h2-3,6H,4,14H2,1H3. The summed E-state index contributed by atoms with van der Waals surface area (Å²) in [5, 5.41) is 0.154. The molecule has 7 heteroatoms. The number of alkyl halides is 3. The monoisotopic (exact) mass is 254 g/mol. The van der Waals surface area contributed by atoms with Gasteiger partial charge in [-0.15, -0.1) is 0 Å². The first-order chi connectivity index (χ1) is 7.34. The number of pyridine rings is 1. The third kappa shape index (κ3) is 3.24. The Morgan fingerprint density at radius 1 is 1.50 bits per heavy atom. The summed E-state index contributed by atoms with van der Waals surface area (Å²) in [4.78, 5) is 3.75. The minimum atomic E-state index is -4.44. The molecule has 90 valence electrons. The van der Waals surface area contributed by atoms with E-state index in [1.54, 1.807) is 0 Å². The van der Waals surface area contributed by atoms with E-state index in [0.717, 1.165) is 0 Å². The quantitative estimate of drug-likeness (QED) is 0.841. The summed E-state index contributed by atoms with van der Waals surface area (Å²) in [6, 6.07) is 0.867. The van der Waals surface area contributed by atoms with Crippen LogP contribution in [0.15, 0.2) is 12.1 Å². The average molecular weight is 255 g/mol. The number of hydrogen-bond acceptors (Lipinski definition) is 3. The van der Waals surface area contributed by atoms with Gasteiger partial charge in [0.05, 0.1) is 7.11 Å². The van der Waals surface area contributed by atoms with Crippen LogP contribution in [0, 0.1) is 0 Å². The second kappa shape index (κ2) is 4.88. The molecule has 16 heavy (non-hydrogen) atoms. The van der Waals surface area contributed by atoms with E-state index in [0.29, 0.717) is 0 Å². The molecule has 0 radical (unpaired) electrons. The van der Waals surface area contributed by atoms with E-state index >= 15 is 0 Å². The molecule has 1 atom stereocenters. The Hall–Kier alpha value is -1.01. The zero-order chi connectivity index (χ0) is 12.3. The molecule has 3 nitrogen and oxygen atoms in total. The number of hydrogen-bond donors (Lipinski definition) is 1. The number of nitrogens with two attached hydrogens (primary N) is 1. The van der Waals surface area contributed by atoms with Crippen LogP contribution in [0.25, 0.3) is 0 Å². The van der Waals surface area contributed by atoms with Gasteiger partial charge in [-0.1, -0.05) is 17.7 Å². The highest BCUT2D eigenvalue weighted by Crippen LogP contribution is 2.25. The smallest absolute Gasteiger partial charge is 0.403 e. The van der Waals surface area contributed by atoms with Crippen molar-refractivity contribution < 1.29 is 17.9 Å². The first kappa shape index (κ1) is 13.1. The van der Waals surface area contributed by atoms with Crippen LogP contribution < -0.4 is 10.5 Å². The summed E-state index contributed by atoms with van der Waals surface area (Å²) in [5.41, 5.74) is 5.28. The first-order valence-corrected chi connectivity index (χ1v) is 4.74. The Bertz CT molecular complexity index is 370. The lowest BCUT2D eigenvalue weighted by molar-refractivity contribution is -0.147. The van der Waals surface area contributed by atoms with Crippen LogP contribution in [-0.4, -0.2) is 24.3 Å². The second-order valence-electron chi connectivity index (χ2n) is 3.15. The summed E-state index contributed by atoms with van der Waals surface area (Å²) in [7, 11) is 1.31. The summed E-state index contributed by atoms with van der Waals surface area (Å²) < 4.78 is 41.5. The summed E-state index contributed by atoms with van der Waals surface area (Å²) in [6.07, 6.45) is -4.83. The molecule has 0 aliphatic rings. The van der Waals surface area contributed by atoms with E-state index in [1.165, 1.54) is 19.2 Å². The van der Waals surface area contributed by atoms with Gasteiger partial charge in [0.2, 0.25) is 5.88 Å². The van der Waals surface area contributed by atoms with Crippen molar-refractivity contribution in [3.8, 4) is 5.88 Å². The highest BCUT2D eigenvalue weighted by atomic mass is 35.5. The lowest BCUT2D eigenvalue weighted by Gasteiger charge is -2.16. The molecule has 1 aromatic heterocycles. The van der Waals surface area contributed by atoms with E-state index in [4.69, 9.17) is 22.1 Å². The van der Waals surface area contributed by atoms with Crippen molar-refractivity contribution in [3.05, 3.63) is 22.8 Å². The van der Waals surface area contributed by atoms with Crippen molar-refractivity contribution >= 4 is 11.6 Å². The largest absolute Gasteiger partial charge is 0.481 e. The molecule has 1 heterocycles. The van der Waals surface area contributed by atoms with Crippen LogP contribution in [-0.2, 0) is 6.42 Å². The predicted octanol–water partition coefficient (Wildman–Crippen LogP) is 2.18. The number of rotatable bonds is 3. The number of methoxy groups -OCH3 is 1. The van der Waals surface area contributed by atoms with E-state index in [1.807, 2.05) is 0 Å². The summed E-state index contributed by atoms with van der Waals surface area (Å²) in [6.45, 7) is 0. The van der Waals surface area contributed by atoms with Crippen LogP contribution in [0.4, 0.5) is 13.2 Å². The molecule has 0 saturated carbocycles. The topological polar surface area (TPSA) is 48.1 Å². The molecule has 0 fully saturated rings. The Morgan fingerprint density at radius 3 is 2.62 bits per heavy atom. The van der Waals surface area contributed by atoms with Crippen LogP contribution in [0.3, 0.4) is 0 Å². The van der Waals surface area contributed by atoms with Gasteiger partial charge in [-0.25, -0.2) is 4.98 Å². The van der Waals surface area contributed by atoms with Crippen LogP contribution in [0.2, 0.25) is 5.15 Å². The van der Waals surface area contributed by atoms with Gasteiger partial charge in [0, 0.05) is 12.0 Å². The number of nitrogens with zero attached hydrogens (tertiary/aromatic N) is 1. The van der Waals surface area contributed by atoms with Crippen molar-refractivity contribution in [1.82, 2.24) is 4.98 Å². The number of ether oxygens (including phenoxy) is 1. The molecular formula is C9H10ClF3N2O. The fraction of sp³-hybridized carbons (Fsp3) is 0.444. The zero-order valence-corrected chi connectivity index (χ0v) is 9.14. The maximum absolute atomic E-state index is 12.2. The molecular weight excluding hydrogens is 245 g/mol. The maximum Gasteiger partial charge on any atom is 0.403 e. The van der Waals surface area contributed by atoms with Gasteiger partial charge in [-0.2, -0.15) is 13.2 Å². The van der Waals surface area contributed by atoms with Crippen molar-refractivity contribution in [2.45, 2.75) is 18.6 Å². The number of aromatic nitrogens is 1. The lowest BCUT2D eigenvalue weighted by atomic mass is 10.1. The first-order valence-electron chi connectivity index (χ1n) is 4.36. The third-order valence-corrected chi connectivity index (χ3v) is 2.17. The molecule has 0 aliphatic carbocycles. The van der Waals surface area contributed by atoms with Gasteiger partial charge in [0.15, 0.2) is 0 Å². The Balaban J connectivity index is 2.89. The molecule has 0 spiro atoms. The SMILES string of the molecule is COc1nc(Cl)ccc1CC(N)C(F)(F)F.